The van der Waals surface area contributed by atoms with Crippen molar-refractivity contribution >= 4 is 31.9 Å². The molecule has 2 nitrogen and oxygen atoms in total. The summed E-state index contributed by atoms with van der Waals surface area (Å²) in [4.78, 5) is 0. The highest BCUT2D eigenvalue weighted by atomic mass is 79.9. The van der Waals surface area contributed by atoms with E-state index in [9.17, 15) is 0 Å². The number of ether oxygens (including phenoxy) is 1. The van der Waals surface area contributed by atoms with E-state index < -0.39 is 0 Å². The molecule has 0 aliphatic carbocycles. The molecular formula is C16H17Br2NO. The molecule has 0 heterocycles. The third-order valence-corrected chi connectivity index (χ3v) is 4.33. The summed E-state index contributed by atoms with van der Waals surface area (Å²) in [5.41, 5.74) is 3.60. The highest BCUT2D eigenvalue weighted by Crippen LogP contribution is 2.34. The Hall–Kier alpha value is -0.840. The maximum Gasteiger partial charge on any atom is 0.124 e. The Kier molecular flexibility index (Phi) is 5.24. The van der Waals surface area contributed by atoms with Crippen molar-refractivity contribution in [1.82, 2.24) is 5.32 Å². The van der Waals surface area contributed by atoms with Crippen molar-refractivity contribution in [3.05, 3.63) is 62.0 Å². The number of halogens is 2. The zero-order valence-corrected chi connectivity index (χ0v) is 14.9. The summed E-state index contributed by atoms with van der Waals surface area (Å²) in [6.45, 7) is 2.12. The van der Waals surface area contributed by atoms with Crippen LogP contribution >= 0.6 is 31.9 Å². The molecule has 0 bridgehead atoms. The molecule has 2 aromatic carbocycles. The zero-order chi connectivity index (χ0) is 14.7. The van der Waals surface area contributed by atoms with Crippen LogP contribution in [0.25, 0.3) is 0 Å². The van der Waals surface area contributed by atoms with Gasteiger partial charge in [-0.25, -0.2) is 0 Å². The number of hydrogen-bond donors (Lipinski definition) is 1. The number of nitrogens with one attached hydrogen (secondary N) is 1. The molecule has 0 fully saturated rings. The summed E-state index contributed by atoms with van der Waals surface area (Å²) < 4.78 is 7.62. The van der Waals surface area contributed by atoms with E-state index in [4.69, 9.17) is 4.74 Å². The maximum absolute atomic E-state index is 5.50. The molecular weight excluding hydrogens is 382 g/mol. The minimum Gasteiger partial charge on any atom is -0.496 e. The Morgan fingerprint density at radius 3 is 2.20 bits per heavy atom. The van der Waals surface area contributed by atoms with Crippen molar-refractivity contribution in [1.29, 1.82) is 0 Å². The first kappa shape index (κ1) is 15.5. The van der Waals surface area contributed by atoms with Crippen LogP contribution in [0.3, 0.4) is 0 Å². The smallest absolute Gasteiger partial charge is 0.124 e. The van der Waals surface area contributed by atoms with Crippen molar-refractivity contribution in [3.8, 4) is 5.75 Å². The topological polar surface area (TPSA) is 21.3 Å². The second kappa shape index (κ2) is 6.74. The maximum atomic E-state index is 5.50. The van der Waals surface area contributed by atoms with Gasteiger partial charge in [0.05, 0.1) is 13.2 Å². The molecule has 0 spiro atoms. The molecule has 1 atom stereocenters. The number of methoxy groups -OCH3 is 1. The first-order chi connectivity index (χ1) is 9.56. The minimum absolute atomic E-state index is 0.0833. The van der Waals surface area contributed by atoms with E-state index in [1.54, 1.807) is 7.11 Å². The normalized spacial score (nSPS) is 12.2. The highest BCUT2D eigenvalue weighted by Gasteiger charge is 2.19. The fourth-order valence-corrected chi connectivity index (χ4v) is 3.09. The van der Waals surface area contributed by atoms with Gasteiger partial charge in [0.2, 0.25) is 0 Å². The first-order valence-corrected chi connectivity index (χ1v) is 7.92. The molecule has 2 rings (SSSR count). The molecule has 0 radical (unpaired) electrons. The van der Waals surface area contributed by atoms with Crippen LogP contribution in [0, 0.1) is 6.92 Å². The van der Waals surface area contributed by atoms with Crippen molar-refractivity contribution < 1.29 is 4.74 Å². The second-order valence-electron chi connectivity index (χ2n) is 4.61. The van der Waals surface area contributed by atoms with Gasteiger partial charge in [-0.1, -0.05) is 37.9 Å². The Labute approximate surface area is 136 Å². The van der Waals surface area contributed by atoms with Crippen LogP contribution < -0.4 is 10.1 Å². The van der Waals surface area contributed by atoms with E-state index in [2.05, 4.69) is 68.4 Å². The monoisotopic (exact) mass is 397 g/mol. The van der Waals surface area contributed by atoms with Gasteiger partial charge in [0.1, 0.15) is 5.75 Å². The van der Waals surface area contributed by atoms with Crippen LogP contribution in [0.1, 0.15) is 22.7 Å². The molecule has 0 saturated carbocycles. The fraction of sp³-hybridized carbons (Fsp3) is 0.250. The second-order valence-corrected chi connectivity index (χ2v) is 6.44. The van der Waals surface area contributed by atoms with E-state index in [1.807, 2.05) is 19.2 Å². The van der Waals surface area contributed by atoms with Gasteiger partial charge in [-0.15, -0.1) is 0 Å². The summed E-state index contributed by atoms with van der Waals surface area (Å²) in [7, 11) is 3.67. The van der Waals surface area contributed by atoms with Gasteiger partial charge in [0, 0.05) is 14.5 Å². The van der Waals surface area contributed by atoms with Gasteiger partial charge < -0.3 is 10.1 Å². The standard InChI is InChI=1S/C16H17Br2NO/c1-10-4-5-11(17)8-13(10)16(19-2)14-9-12(18)6-7-15(14)20-3/h4-9,16,19H,1-3H3. The lowest BCUT2D eigenvalue weighted by Gasteiger charge is -2.22. The summed E-state index contributed by atoms with van der Waals surface area (Å²) in [5, 5.41) is 3.38. The molecule has 0 saturated heterocycles. The fourth-order valence-electron chi connectivity index (χ4n) is 2.33. The number of benzene rings is 2. The van der Waals surface area contributed by atoms with Crippen LogP contribution in [-0.2, 0) is 0 Å². The minimum atomic E-state index is 0.0833. The predicted molar refractivity (Wildman–Crippen MR) is 90.5 cm³/mol. The third kappa shape index (κ3) is 3.25. The number of aryl methyl sites for hydroxylation is 1. The lowest BCUT2D eigenvalue weighted by atomic mass is 9.94. The van der Waals surface area contributed by atoms with Gasteiger partial charge in [-0.05, 0) is 55.4 Å². The van der Waals surface area contributed by atoms with Crippen LogP contribution in [-0.4, -0.2) is 14.2 Å². The molecule has 0 aliphatic heterocycles. The molecule has 0 aromatic heterocycles. The predicted octanol–water partition coefficient (Wildman–Crippen LogP) is 4.84. The molecule has 4 heteroatoms. The Morgan fingerprint density at radius 2 is 1.60 bits per heavy atom. The summed E-state index contributed by atoms with van der Waals surface area (Å²) >= 11 is 7.08. The van der Waals surface area contributed by atoms with Crippen molar-refractivity contribution in [2.24, 2.45) is 0 Å². The van der Waals surface area contributed by atoms with Gasteiger partial charge in [0.15, 0.2) is 0 Å². The summed E-state index contributed by atoms with van der Waals surface area (Å²) in [5.74, 6) is 0.881. The number of hydrogen-bond acceptors (Lipinski definition) is 2. The largest absolute Gasteiger partial charge is 0.496 e. The van der Waals surface area contributed by atoms with E-state index in [0.717, 1.165) is 20.3 Å². The van der Waals surface area contributed by atoms with E-state index >= 15 is 0 Å². The van der Waals surface area contributed by atoms with E-state index in [-0.39, 0.29) is 6.04 Å². The van der Waals surface area contributed by atoms with Crippen molar-refractivity contribution in [2.45, 2.75) is 13.0 Å². The summed E-state index contributed by atoms with van der Waals surface area (Å²) in [6.07, 6.45) is 0. The van der Waals surface area contributed by atoms with Crippen LogP contribution in [0.15, 0.2) is 45.3 Å². The summed E-state index contributed by atoms with van der Waals surface area (Å²) in [6, 6.07) is 12.5. The SMILES string of the molecule is CNC(c1cc(Br)ccc1C)c1cc(Br)ccc1OC. The first-order valence-electron chi connectivity index (χ1n) is 6.33. The van der Waals surface area contributed by atoms with Gasteiger partial charge in [0.25, 0.3) is 0 Å². The Bertz CT molecular complexity index is 613. The third-order valence-electron chi connectivity index (χ3n) is 3.34. The number of rotatable bonds is 4. The van der Waals surface area contributed by atoms with Gasteiger partial charge in [-0.2, -0.15) is 0 Å². The molecule has 0 aliphatic rings. The van der Waals surface area contributed by atoms with E-state index in [1.165, 1.54) is 11.1 Å². The van der Waals surface area contributed by atoms with Gasteiger partial charge >= 0.3 is 0 Å². The molecule has 1 N–H and O–H groups in total. The lowest BCUT2D eigenvalue weighted by molar-refractivity contribution is 0.405. The lowest BCUT2D eigenvalue weighted by Crippen LogP contribution is -2.19. The molecule has 20 heavy (non-hydrogen) atoms. The average Bonchev–Trinajstić information content (AvgIpc) is 2.44. The zero-order valence-electron chi connectivity index (χ0n) is 11.7. The molecule has 1 unspecified atom stereocenters. The van der Waals surface area contributed by atoms with E-state index in [0.29, 0.717) is 0 Å². The Balaban J connectivity index is 2.57. The quantitative estimate of drug-likeness (QED) is 0.795. The molecule has 0 amide bonds. The van der Waals surface area contributed by atoms with Crippen LogP contribution in [0.2, 0.25) is 0 Å². The van der Waals surface area contributed by atoms with Crippen LogP contribution in [0.5, 0.6) is 5.75 Å². The van der Waals surface area contributed by atoms with Gasteiger partial charge in [-0.3, -0.25) is 0 Å². The average molecular weight is 399 g/mol. The highest BCUT2D eigenvalue weighted by molar-refractivity contribution is 9.10. The van der Waals surface area contributed by atoms with Crippen molar-refractivity contribution in [2.75, 3.05) is 14.2 Å². The Morgan fingerprint density at radius 1 is 1.00 bits per heavy atom. The van der Waals surface area contributed by atoms with Crippen LogP contribution in [0.4, 0.5) is 0 Å². The van der Waals surface area contributed by atoms with Crippen molar-refractivity contribution in [3.63, 3.8) is 0 Å². The molecule has 106 valence electrons. The molecule has 2 aromatic rings.